The summed E-state index contributed by atoms with van der Waals surface area (Å²) in [5.41, 5.74) is 0. The van der Waals surface area contributed by atoms with E-state index >= 15 is 0 Å². The summed E-state index contributed by atoms with van der Waals surface area (Å²) in [7, 11) is 0. The van der Waals surface area contributed by atoms with Crippen LogP contribution in [0.15, 0.2) is 6.20 Å². The first-order valence-electron chi connectivity index (χ1n) is 8.01. The highest BCUT2D eigenvalue weighted by Gasteiger charge is 2.26. The van der Waals surface area contributed by atoms with Crippen molar-refractivity contribution in [3.8, 4) is 0 Å². The molecule has 0 radical (unpaired) electrons. The summed E-state index contributed by atoms with van der Waals surface area (Å²) in [6, 6.07) is 0.873. The number of rotatable bonds is 5. The molecule has 0 unspecified atom stereocenters. The van der Waals surface area contributed by atoms with E-state index in [0.717, 1.165) is 32.2 Å². The van der Waals surface area contributed by atoms with Gasteiger partial charge in [0.25, 0.3) is 0 Å². The first-order valence-corrected chi connectivity index (χ1v) is 8.83. The second kappa shape index (κ2) is 6.87. The highest BCUT2D eigenvalue weighted by Crippen LogP contribution is 2.27. The first-order chi connectivity index (χ1) is 9.86. The molecule has 1 saturated heterocycles. The van der Waals surface area contributed by atoms with Crippen molar-refractivity contribution in [2.75, 3.05) is 37.6 Å². The van der Waals surface area contributed by atoms with Gasteiger partial charge in [-0.2, -0.15) is 0 Å². The van der Waals surface area contributed by atoms with Gasteiger partial charge < -0.3 is 10.2 Å². The van der Waals surface area contributed by atoms with Crippen molar-refractivity contribution in [3.05, 3.63) is 11.1 Å². The maximum Gasteiger partial charge on any atom is 0.185 e. The zero-order valence-corrected chi connectivity index (χ0v) is 13.3. The van der Waals surface area contributed by atoms with Gasteiger partial charge in [-0.05, 0) is 19.4 Å². The highest BCUT2D eigenvalue weighted by atomic mass is 32.1. The summed E-state index contributed by atoms with van der Waals surface area (Å²) < 4.78 is 0. The van der Waals surface area contributed by atoms with E-state index in [2.05, 4.69) is 27.0 Å². The Labute approximate surface area is 126 Å². The van der Waals surface area contributed by atoms with Crippen LogP contribution in [-0.4, -0.2) is 48.6 Å². The Morgan fingerprint density at radius 1 is 1.25 bits per heavy atom. The van der Waals surface area contributed by atoms with Crippen molar-refractivity contribution in [1.82, 2.24) is 15.2 Å². The quantitative estimate of drug-likeness (QED) is 0.903. The minimum Gasteiger partial charge on any atom is -0.346 e. The predicted octanol–water partition coefficient (Wildman–Crippen LogP) is 2.32. The molecule has 0 amide bonds. The van der Waals surface area contributed by atoms with Crippen LogP contribution in [0.2, 0.25) is 0 Å². The third kappa shape index (κ3) is 3.32. The second-order valence-corrected chi connectivity index (χ2v) is 6.94. The van der Waals surface area contributed by atoms with Crippen LogP contribution in [0.5, 0.6) is 0 Å². The monoisotopic (exact) mass is 294 g/mol. The van der Waals surface area contributed by atoms with Gasteiger partial charge in [0.15, 0.2) is 5.13 Å². The summed E-state index contributed by atoms with van der Waals surface area (Å²) in [4.78, 5) is 11.1. The van der Waals surface area contributed by atoms with Crippen molar-refractivity contribution < 1.29 is 0 Å². The lowest BCUT2D eigenvalue weighted by Crippen LogP contribution is -2.49. The Bertz CT molecular complexity index is 406. The lowest BCUT2D eigenvalue weighted by molar-refractivity contribution is 0.187. The Morgan fingerprint density at radius 2 is 2.00 bits per heavy atom. The van der Waals surface area contributed by atoms with Crippen LogP contribution in [0.3, 0.4) is 0 Å². The molecule has 3 rings (SSSR count). The number of piperazine rings is 1. The molecule has 1 aromatic heterocycles. The Hall–Kier alpha value is -0.650. The van der Waals surface area contributed by atoms with Crippen molar-refractivity contribution in [2.24, 2.45) is 0 Å². The number of anilines is 1. The molecule has 0 spiro atoms. The minimum atomic E-state index is 0.873. The number of nitrogens with zero attached hydrogens (tertiary/aromatic N) is 3. The molecule has 5 heteroatoms. The van der Waals surface area contributed by atoms with E-state index in [1.54, 1.807) is 0 Å². The Kier molecular flexibility index (Phi) is 4.91. The molecular weight excluding hydrogens is 268 g/mol. The van der Waals surface area contributed by atoms with E-state index < -0.39 is 0 Å². The molecule has 1 aromatic rings. The fraction of sp³-hybridized carbons (Fsp3) is 0.800. The third-order valence-corrected chi connectivity index (χ3v) is 5.57. The smallest absolute Gasteiger partial charge is 0.185 e. The summed E-state index contributed by atoms with van der Waals surface area (Å²) in [6.07, 6.45) is 7.75. The third-order valence-electron chi connectivity index (χ3n) is 4.52. The van der Waals surface area contributed by atoms with Gasteiger partial charge in [0.2, 0.25) is 0 Å². The molecule has 1 aliphatic heterocycles. The molecule has 2 aliphatic rings. The van der Waals surface area contributed by atoms with Crippen LogP contribution in [0, 0.1) is 0 Å². The van der Waals surface area contributed by atoms with E-state index in [1.165, 1.54) is 48.8 Å². The number of nitrogens with one attached hydrogen (secondary N) is 1. The largest absolute Gasteiger partial charge is 0.346 e. The van der Waals surface area contributed by atoms with E-state index in [0.29, 0.717) is 0 Å². The average molecular weight is 294 g/mol. The zero-order chi connectivity index (χ0) is 13.8. The molecule has 20 heavy (non-hydrogen) atoms. The lowest BCUT2D eigenvalue weighted by Gasteiger charge is -2.37. The summed E-state index contributed by atoms with van der Waals surface area (Å²) in [6.45, 7) is 8.84. The van der Waals surface area contributed by atoms with Crippen molar-refractivity contribution in [3.63, 3.8) is 0 Å². The molecule has 0 aromatic carbocycles. The number of hydrogen-bond donors (Lipinski definition) is 1. The molecule has 2 fully saturated rings. The zero-order valence-electron chi connectivity index (χ0n) is 12.5. The molecular formula is C15H26N4S. The number of aromatic nitrogens is 1. The Balaban J connectivity index is 1.51. The molecule has 1 aliphatic carbocycles. The fourth-order valence-corrected chi connectivity index (χ4v) is 4.25. The SMILES string of the molecule is CCNCc1cnc(N2CCN(C3CCCC3)CC2)s1. The second-order valence-electron chi connectivity index (χ2n) is 5.85. The van der Waals surface area contributed by atoms with E-state index in [9.17, 15) is 0 Å². The Morgan fingerprint density at radius 3 is 2.70 bits per heavy atom. The van der Waals surface area contributed by atoms with Gasteiger partial charge in [0.05, 0.1) is 0 Å². The van der Waals surface area contributed by atoms with Crippen LogP contribution < -0.4 is 10.2 Å². The summed E-state index contributed by atoms with van der Waals surface area (Å²) >= 11 is 1.85. The van der Waals surface area contributed by atoms with Crippen LogP contribution in [0.25, 0.3) is 0 Å². The molecule has 0 bridgehead atoms. The maximum absolute atomic E-state index is 4.60. The van der Waals surface area contributed by atoms with Gasteiger partial charge in [-0.3, -0.25) is 4.90 Å². The summed E-state index contributed by atoms with van der Waals surface area (Å²) in [5, 5.41) is 4.58. The van der Waals surface area contributed by atoms with Crippen LogP contribution in [-0.2, 0) is 6.54 Å². The average Bonchev–Trinajstić information content (AvgIpc) is 3.17. The number of thiazole rings is 1. The standard InChI is InChI=1S/C15H26N4S/c1-2-16-11-14-12-17-15(20-14)19-9-7-18(8-10-19)13-5-3-4-6-13/h12-13,16H,2-11H2,1H3. The molecule has 4 nitrogen and oxygen atoms in total. The van der Waals surface area contributed by atoms with Gasteiger partial charge >= 0.3 is 0 Å². The van der Waals surface area contributed by atoms with Gasteiger partial charge in [0, 0.05) is 49.8 Å². The summed E-state index contributed by atoms with van der Waals surface area (Å²) in [5.74, 6) is 0. The topological polar surface area (TPSA) is 31.4 Å². The number of hydrogen-bond acceptors (Lipinski definition) is 5. The van der Waals surface area contributed by atoms with Crippen molar-refractivity contribution in [1.29, 1.82) is 0 Å². The highest BCUT2D eigenvalue weighted by molar-refractivity contribution is 7.15. The van der Waals surface area contributed by atoms with Gasteiger partial charge in [-0.1, -0.05) is 19.8 Å². The normalized spacial score (nSPS) is 21.8. The van der Waals surface area contributed by atoms with Crippen molar-refractivity contribution >= 4 is 16.5 Å². The van der Waals surface area contributed by atoms with Crippen LogP contribution >= 0.6 is 11.3 Å². The van der Waals surface area contributed by atoms with Crippen LogP contribution in [0.1, 0.15) is 37.5 Å². The van der Waals surface area contributed by atoms with E-state index in [1.807, 2.05) is 17.5 Å². The fourth-order valence-electron chi connectivity index (χ4n) is 3.32. The molecule has 112 valence electrons. The molecule has 0 atom stereocenters. The minimum absolute atomic E-state index is 0.873. The maximum atomic E-state index is 4.60. The first kappa shape index (κ1) is 14.3. The van der Waals surface area contributed by atoms with Gasteiger partial charge in [-0.15, -0.1) is 11.3 Å². The van der Waals surface area contributed by atoms with Crippen molar-refractivity contribution in [2.45, 2.75) is 45.2 Å². The van der Waals surface area contributed by atoms with Gasteiger partial charge in [0.1, 0.15) is 0 Å². The molecule has 1 saturated carbocycles. The van der Waals surface area contributed by atoms with E-state index in [4.69, 9.17) is 0 Å². The van der Waals surface area contributed by atoms with Crippen LogP contribution in [0.4, 0.5) is 5.13 Å². The lowest BCUT2D eigenvalue weighted by atomic mass is 10.2. The molecule has 2 heterocycles. The predicted molar refractivity (Wildman–Crippen MR) is 85.5 cm³/mol. The molecule has 1 N–H and O–H groups in total. The van der Waals surface area contributed by atoms with E-state index in [-0.39, 0.29) is 0 Å². The van der Waals surface area contributed by atoms with Gasteiger partial charge in [-0.25, -0.2) is 4.98 Å².